The van der Waals surface area contributed by atoms with Gasteiger partial charge in [0.25, 0.3) is 0 Å². The van der Waals surface area contributed by atoms with Gasteiger partial charge in [0, 0.05) is 19.4 Å². The van der Waals surface area contributed by atoms with Crippen molar-refractivity contribution in [3.8, 4) is 0 Å². The summed E-state index contributed by atoms with van der Waals surface area (Å²) in [6.07, 6.45) is -16.4. The summed E-state index contributed by atoms with van der Waals surface area (Å²) in [5, 5.41) is 92.8. The number of rotatable bonds is 19. The Hall–Kier alpha value is -0.970. The minimum Gasteiger partial charge on any atom is -0.394 e. The van der Waals surface area contributed by atoms with Crippen molar-refractivity contribution in [2.45, 2.75) is 157 Å². The van der Waals surface area contributed by atoms with E-state index in [-0.39, 0.29) is 12.4 Å². The maximum absolute atomic E-state index is 11.8. The fourth-order valence-electron chi connectivity index (χ4n) is 5.85. The molecule has 17 nitrogen and oxygen atoms in total. The van der Waals surface area contributed by atoms with Crippen molar-refractivity contribution in [1.29, 1.82) is 0 Å². The normalized spacial score (nSPS) is 41.2. The molecule has 0 radical (unpaired) electrons. The van der Waals surface area contributed by atoms with E-state index in [9.17, 15) is 50.8 Å². The fraction of sp³-hybridized carbons (Fsp3) is 0.967. The second-order valence-corrected chi connectivity index (χ2v) is 12.5. The molecule has 11 N–H and O–H groups in total. The van der Waals surface area contributed by atoms with E-state index in [1.807, 2.05) is 0 Å². The lowest BCUT2D eigenvalue weighted by Gasteiger charge is -2.48. The molecule has 3 fully saturated rings. The van der Waals surface area contributed by atoms with E-state index in [1.54, 1.807) is 0 Å². The van der Waals surface area contributed by atoms with Crippen molar-refractivity contribution in [2.24, 2.45) is 5.73 Å². The van der Waals surface area contributed by atoms with Crippen molar-refractivity contribution in [2.75, 3.05) is 26.4 Å². The lowest BCUT2D eigenvalue weighted by molar-refractivity contribution is -0.390. The van der Waals surface area contributed by atoms with E-state index in [0.29, 0.717) is 32.2 Å². The topological polar surface area (TPSA) is 281 Å². The third-order valence-corrected chi connectivity index (χ3v) is 8.83. The van der Waals surface area contributed by atoms with Gasteiger partial charge < -0.3 is 80.1 Å². The molecule has 0 bridgehead atoms. The Morgan fingerprint density at radius 3 is 1.74 bits per heavy atom. The first-order valence-corrected chi connectivity index (χ1v) is 16.5. The molecule has 3 heterocycles. The molecule has 17 heteroatoms. The molecule has 3 aliphatic rings. The molecule has 0 aliphatic carbocycles. The summed E-state index contributed by atoms with van der Waals surface area (Å²) in [7, 11) is 0. The van der Waals surface area contributed by atoms with Gasteiger partial charge in [-0.05, 0) is 32.7 Å². The molecule has 0 amide bonds. The van der Waals surface area contributed by atoms with Crippen LogP contribution < -0.4 is 5.73 Å². The summed E-state index contributed by atoms with van der Waals surface area (Å²) in [5.41, 5.74) is 5.44. The maximum Gasteiger partial charge on any atom is 0.187 e. The average Bonchev–Trinajstić information content (AvgIpc) is 3.06. The molecule has 6 unspecified atom stereocenters. The van der Waals surface area contributed by atoms with E-state index < -0.39 is 105 Å². The minimum atomic E-state index is -1.84. The van der Waals surface area contributed by atoms with Crippen LogP contribution in [0.4, 0.5) is 0 Å². The molecular formula is C30H55NO16. The highest BCUT2D eigenvalue weighted by atomic mass is 16.8. The van der Waals surface area contributed by atoms with E-state index in [4.69, 9.17) is 34.2 Å². The monoisotopic (exact) mass is 685 g/mol. The van der Waals surface area contributed by atoms with Gasteiger partial charge in [-0.1, -0.05) is 25.7 Å². The molecule has 0 aromatic carbocycles. The summed E-state index contributed by atoms with van der Waals surface area (Å²) in [6.45, 7) is 0.651. The summed E-state index contributed by atoms with van der Waals surface area (Å²) in [5.74, 6) is 0.222. The minimum absolute atomic E-state index is 0.134. The highest BCUT2D eigenvalue weighted by Crippen LogP contribution is 2.34. The summed E-state index contributed by atoms with van der Waals surface area (Å²) < 4.78 is 34.6. The van der Waals surface area contributed by atoms with E-state index >= 15 is 0 Å². The molecule has 3 saturated heterocycles. The number of Topliss-reactive ketones (excluding diaryl/α,β-unsaturated/α-hetero) is 1. The Morgan fingerprint density at radius 2 is 1.11 bits per heavy atom. The van der Waals surface area contributed by atoms with Gasteiger partial charge in [0.05, 0.1) is 19.3 Å². The lowest BCUT2D eigenvalue weighted by Crippen LogP contribution is -2.67. The van der Waals surface area contributed by atoms with E-state index in [2.05, 4.69) is 0 Å². The largest absolute Gasteiger partial charge is 0.394 e. The number of nitrogens with two attached hydrogens (primary N) is 1. The predicted octanol–water partition coefficient (Wildman–Crippen LogP) is -3.48. The Morgan fingerprint density at radius 1 is 0.596 bits per heavy atom. The fourth-order valence-corrected chi connectivity index (χ4v) is 5.85. The molecule has 47 heavy (non-hydrogen) atoms. The van der Waals surface area contributed by atoms with E-state index in [1.165, 1.54) is 6.92 Å². The third kappa shape index (κ3) is 11.0. The SMILES string of the molecule is CC1O[C@@H](OC2[C@H](OCCCCCCCCC(=O)CCCN)OC(CO)[C@H](O)[C@@H]2O[C@H]2OC(CO)[C@H](O)[C@H](O)C2O)C(O)[C@@H](O)[C@@H]1O. The van der Waals surface area contributed by atoms with Gasteiger partial charge in [0.15, 0.2) is 18.9 Å². The third-order valence-electron chi connectivity index (χ3n) is 8.83. The number of hydrogen-bond acceptors (Lipinski definition) is 17. The van der Waals surface area contributed by atoms with Gasteiger partial charge in [0.2, 0.25) is 0 Å². The van der Waals surface area contributed by atoms with Crippen LogP contribution in [0.5, 0.6) is 0 Å². The Labute approximate surface area is 274 Å². The van der Waals surface area contributed by atoms with Crippen LogP contribution in [0, 0.1) is 0 Å². The van der Waals surface area contributed by atoms with Crippen molar-refractivity contribution in [3.05, 3.63) is 0 Å². The zero-order chi connectivity index (χ0) is 34.7. The number of aliphatic hydroxyl groups excluding tert-OH is 9. The van der Waals surface area contributed by atoms with Crippen molar-refractivity contribution in [1.82, 2.24) is 0 Å². The molecule has 0 aromatic heterocycles. The maximum atomic E-state index is 11.8. The van der Waals surface area contributed by atoms with Gasteiger partial charge in [0.1, 0.15) is 72.9 Å². The zero-order valence-corrected chi connectivity index (χ0v) is 26.8. The standard InChI is InChI=1S/C30H55NO16/c1-15-19(35)22(38)24(40)28(43-15)47-27-26(46-29-25(41)23(39)20(36)17(13-32)44-29)21(37)18(14-33)45-30(27)42-12-7-5-3-2-4-6-9-16(34)10-8-11-31/h15,17-30,32-33,35-41H,2-14,31H2,1H3/t15?,17?,18?,19-,20+,21+,22+,23+,24?,25?,26+,27?,28+,29-,30-/m1/s1. The van der Waals surface area contributed by atoms with Gasteiger partial charge in [-0.2, -0.15) is 0 Å². The Balaban J connectivity index is 1.67. The number of hydrogen-bond donors (Lipinski definition) is 10. The molecule has 0 spiro atoms. The highest BCUT2D eigenvalue weighted by molar-refractivity contribution is 5.78. The number of unbranched alkanes of at least 4 members (excludes halogenated alkanes) is 5. The number of aliphatic hydroxyl groups is 9. The van der Waals surface area contributed by atoms with Crippen molar-refractivity contribution in [3.63, 3.8) is 0 Å². The first kappa shape index (κ1) is 40.5. The highest BCUT2D eigenvalue weighted by Gasteiger charge is 2.54. The van der Waals surface area contributed by atoms with Crippen molar-refractivity contribution < 1.29 is 79.2 Å². The van der Waals surface area contributed by atoms with Gasteiger partial charge in [-0.25, -0.2) is 0 Å². The smallest absolute Gasteiger partial charge is 0.187 e. The Bertz CT molecular complexity index is 902. The molecule has 3 aliphatic heterocycles. The van der Waals surface area contributed by atoms with E-state index in [0.717, 1.165) is 32.1 Å². The lowest BCUT2D eigenvalue weighted by atomic mass is 9.96. The van der Waals surface area contributed by atoms with Crippen LogP contribution in [0.2, 0.25) is 0 Å². The summed E-state index contributed by atoms with van der Waals surface area (Å²) in [6, 6.07) is 0. The van der Waals surface area contributed by atoms with Crippen LogP contribution in [0.3, 0.4) is 0 Å². The van der Waals surface area contributed by atoms with Crippen LogP contribution >= 0.6 is 0 Å². The number of carbonyl (C=O) groups excluding carboxylic acids is 1. The summed E-state index contributed by atoms with van der Waals surface area (Å²) >= 11 is 0. The van der Waals surface area contributed by atoms with Crippen molar-refractivity contribution >= 4 is 5.78 Å². The second-order valence-electron chi connectivity index (χ2n) is 12.5. The molecule has 0 saturated carbocycles. The van der Waals surface area contributed by atoms with Crippen LogP contribution in [-0.2, 0) is 33.2 Å². The molecule has 15 atom stereocenters. The van der Waals surface area contributed by atoms with Crippen LogP contribution in [0.1, 0.15) is 64.7 Å². The van der Waals surface area contributed by atoms with Crippen LogP contribution in [0.25, 0.3) is 0 Å². The first-order chi connectivity index (χ1) is 22.4. The average molecular weight is 686 g/mol. The molecule has 3 rings (SSSR count). The molecule has 0 aromatic rings. The predicted molar refractivity (Wildman–Crippen MR) is 159 cm³/mol. The molecule has 276 valence electrons. The summed E-state index contributed by atoms with van der Waals surface area (Å²) in [4.78, 5) is 11.8. The second kappa shape index (κ2) is 20.0. The van der Waals surface area contributed by atoms with Gasteiger partial charge >= 0.3 is 0 Å². The Kier molecular flexibility index (Phi) is 17.2. The van der Waals surface area contributed by atoms with Gasteiger partial charge in [-0.15, -0.1) is 0 Å². The van der Waals surface area contributed by atoms with Crippen LogP contribution in [0.15, 0.2) is 0 Å². The zero-order valence-electron chi connectivity index (χ0n) is 26.8. The van der Waals surface area contributed by atoms with Gasteiger partial charge in [-0.3, -0.25) is 4.79 Å². The first-order valence-electron chi connectivity index (χ1n) is 16.5. The number of ether oxygens (including phenoxy) is 6. The number of carbonyl (C=O) groups is 1. The quantitative estimate of drug-likeness (QED) is 0.0591. The van der Waals surface area contributed by atoms with Crippen LogP contribution in [-0.4, -0.2) is 170 Å². The number of ketones is 1. The molecular weight excluding hydrogens is 630 g/mol.